The Kier molecular flexibility index (Phi) is 5.00. The third kappa shape index (κ3) is 4.59. The van der Waals surface area contributed by atoms with Crippen LogP contribution in [0.4, 0.5) is 18.9 Å². The summed E-state index contributed by atoms with van der Waals surface area (Å²) in [5.41, 5.74) is 2.67. The highest BCUT2D eigenvalue weighted by atomic mass is 19.4. The number of benzene rings is 2. The molecule has 0 bridgehead atoms. The number of nitrogens with one attached hydrogen (secondary N) is 1. The summed E-state index contributed by atoms with van der Waals surface area (Å²) in [7, 11) is 0. The van der Waals surface area contributed by atoms with Crippen molar-refractivity contribution in [1.29, 1.82) is 0 Å². The van der Waals surface area contributed by atoms with E-state index >= 15 is 0 Å². The number of nitrogens with zero attached hydrogens (tertiary/aromatic N) is 2. The Morgan fingerprint density at radius 2 is 1.76 bits per heavy atom. The van der Waals surface area contributed by atoms with Crippen molar-refractivity contribution in [2.24, 2.45) is 0 Å². The van der Waals surface area contributed by atoms with Gasteiger partial charge in [-0.1, -0.05) is 12.1 Å². The van der Waals surface area contributed by atoms with Crippen molar-refractivity contribution in [3.8, 4) is 17.0 Å². The average molecular weight is 401 g/mol. The molecule has 0 atom stereocenters. The molecule has 1 amide bonds. The number of carbonyl (C=O) groups excluding carboxylic acids is 1. The van der Waals surface area contributed by atoms with Crippen molar-refractivity contribution in [2.75, 3.05) is 5.32 Å². The van der Waals surface area contributed by atoms with Gasteiger partial charge < -0.3 is 14.6 Å². The molecule has 0 radical (unpaired) electrons. The van der Waals surface area contributed by atoms with Gasteiger partial charge in [-0.25, -0.2) is 4.98 Å². The van der Waals surface area contributed by atoms with Crippen molar-refractivity contribution >= 4 is 11.6 Å². The highest BCUT2D eigenvalue weighted by molar-refractivity contribution is 6.04. The summed E-state index contributed by atoms with van der Waals surface area (Å²) in [6, 6.07) is 12.1. The number of amides is 1. The smallest absolute Gasteiger partial charge is 0.406 e. The largest absolute Gasteiger partial charge is 0.573 e. The van der Waals surface area contributed by atoms with Crippen molar-refractivity contribution in [3.63, 3.8) is 0 Å². The van der Waals surface area contributed by atoms with Crippen LogP contribution >= 0.6 is 0 Å². The number of rotatable bonds is 4. The first-order valence-corrected chi connectivity index (χ1v) is 9.21. The van der Waals surface area contributed by atoms with E-state index in [1.807, 2.05) is 18.3 Å². The van der Waals surface area contributed by atoms with Gasteiger partial charge in [0.1, 0.15) is 11.6 Å². The predicted octanol–water partition coefficient (Wildman–Crippen LogP) is 5.04. The number of alkyl halides is 3. The highest BCUT2D eigenvalue weighted by Gasteiger charge is 2.31. The normalized spacial score (nSPS) is 13.6. The molecule has 2 aromatic carbocycles. The third-order valence-electron chi connectivity index (χ3n) is 4.70. The monoisotopic (exact) mass is 401 g/mol. The lowest BCUT2D eigenvalue weighted by Crippen LogP contribution is -2.17. The molecule has 1 aromatic heterocycles. The zero-order valence-electron chi connectivity index (χ0n) is 15.4. The molecule has 0 saturated carbocycles. The Labute approximate surface area is 165 Å². The van der Waals surface area contributed by atoms with E-state index < -0.39 is 12.3 Å². The molecule has 4 rings (SSSR count). The lowest BCUT2D eigenvalue weighted by molar-refractivity contribution is -0.274. The fourth-order valence-electron chi connectivity index (χ4n) is 3.29. The number of anilines is 1. The molecule has 3 aromatic rings. The highest BCUT2D eigenvalue weighted by Crippen LogP contribution is 2.25. The Morgan fingerprint density at radius 3 is 2.41 bits per heavy atom. The average Bonchev–Trinajstić information content (AvgIpc) is 3.12. The number of imidazole rings is 1. The predicted molar refractivity (Wildman–Crippen MR) is 102 cm³/mol. The summed E-state index contributed by atoms with van der Waals surface area (Å²) in [5, 5.41) is 2.73. The maximum Gasteiger partial charge on any atom is 0.573 e. The standard InChI is InChI=1S/C21H18F3N3O2/c22-21(23,24)29-17-10-6-15(7-11-17)20(28)25-16-8-4-14(5-9-16)18-13-27-12-2-1-3-19(27)26-18/h4-11,13H,1-3,12H2,(H,25,28). The molecular weight excluding hydrogens is 383 g/mol. The van der Waals surface area contributed by atoms with Crippen LogP contribution in [0.3, 0.4) is 0 Å². The van der Waals surface area contributed by atoms with E-state index in [0.717, 1.165) is 55.0 Å². The van der Waals surface area contributed by atoms with Gasteiger partial charge in [0, 0.05) is 36.0 Å². The van der Waals surface area contributed by atoms with Crippen LogP contribution in [0.5, 0.6) is 5.75 Å². The van der Waals surface area contributed by atoms with Crippen molar-refractivity contribution < 1.29 is 22.7 Å². The summed E-state index contributed by atoms with van der Waals surface area (Å²) in [4.78, 5) is 17.0. The van der Waals surface area contributed by atoms with Crippen LogP contribution < -0.4 is 10.1 Å². The van der Waals surface area contributed by atoms with E-state index in [-0.39, 0.29) is 11.3 Å². The summed E-state index contributed by atoms with van der Waals surface area (Å²) in [6.07, 6.45) is 0.593. The molecule has 8 heteroatoms. The zero-order valence-corrected chi connectivity index (χ0v) is 15.4. The van der Waals surface area contributed by atoms with E-state index in [1.54, 1.807) is 12.1 Å². The van der Waals surface area contributed by atoms with Crippen LogP contribution in [-0.2, 0) is 13.0 Å². The van der Waals surface area contributed by atoms with E-state index in [4.69, 9.17) is 0 Å². The maximum absolute atomic E-state index is 12.3. The molecule has 5 nitrogen and oxygen atoms in total. The summed E-state index contributed by atoms with van der Waals surface area (Å²) < 4.78 is 42.6. The third-order valence-corrected chi connectivity index (χ3v) is 4.70. The van der Waals surface area contributed by atoms with Gasteiger partial charge in [-0.15, -0.1) is 13.2 Å². The van der Waals surface area contributed by atoms with Crippen LogP contribution in [0.15, 0.2) is 54.7 Å². The summed E-state index contributed by atoms with van der Waals surface area (Å²) in [5.74, 6) is 0.302. The number of aromatic nitrogens is 2. The topological polar surface area (TPSA) is 56.2 Å². The van der Waals surface area contributed by atoms with E-state index in [9.17, 15) is 18.0 Å². The van der Waals surface area contributed by atoms with Crippen LogP contribution in [-0.4, -0.2) is 21.8 Å². The van der Waals surface area contributed by atoms with Crippen LogP contribution in [0.2, 0.25) is 0 Å². The Balaban J connectivity index is 1.42. The van der Waals surface area contributed by atoms with Gasteiger partial charge in [-0.3, -0.25) is 4.79 Å². The van der Waals surface area contributed by atoms with Crippen LogP contribution in [0.1, 0.15) is 29.0 Å². The molecule has 1 N–H and O–H groups in total. The lowest BCUT2D eigenvalue weighted by Gasteiger charge is -2.11. The molecule has 2 heterocycles. The molecule has 150 valence electrons. The van der Waals surface area contributed by atoms with E-state index in [1.165, 1.54) is 12.1 Å². The SMILES string of the molecule is O=C(Nc1ccc(-c2cn3c(n2)CCCC3)cc1)c1ccc(OC(F)(F)F)cc1. The molecule has 1 aliphatic rings. The van der Waals surface area contributed by atoms with Crippen molar-refractivity contribution in [3.05, 3.63) is 66.1 Å². The second kappa shape index (κ2) is 7.62. The number of hydrogen-bond donors (Lipinski definition) is 1. The molecule has 0 aliphatic carbocycles. The molecule has 29 heavy (non-hydrogen) atoms. The van der Waals surface area contributed by atoms with Gasteiger partial charge >= 0.3 is 6.36 Å². The van der Waals surface area contributed by atoms with Gasteiger partial charge in [0.05, 0.1) is 5.69 Å². The number of aryl methyl sites for hydroxylation is 2. The van der Waals surface area contributed by atoms with Crippen LogP contribution in [0.25, 0.3) is 11.3 Å². The first kappa shape index (κ1) is 19.0. The quantitative estimate of drug-likeness (QED) is 0.667. The minimum Gasteiger partial charge on any atom is -0.406 e. The van der Waals surface area contributed by atoms with E-state index in [0.29, 0.717) is 5.69 Å². The molecule has 0 saturated heterocycles. The van der Waals surface area contributed by atoms with Crippen molar-refractivity contribution in [2.45, 2.75) is 32.2 Å². The van der Waals surface area contributed by atoms with Crippen LogP contribution in [0, 0.1) is 0 Å². The van der Waals surface area contributed by atoms with Gasteiger partial charge in [0.15, 0.2) is 0 Å². The van der Waals surface area contributed by atoms with Gasteiger partial charge in [-0.2, -0.15) is 0 Å². The minimum atomic E-state index is -4.76. The number of ether oxygens (including phenoxy) is 1. The van der Waals surface area contributed by atoms with E-state index in [2.05, 4.69) is 19.6 Å². The fraction of sp³-hybridized carbons (Fsp3) is 0.238. The summed E-state index contributed by atoms with van der Waals surface area (Å²) >= 11 is 0. The number of hydrogen-bond acceptors (Lipinski definition) is 3. The fourth-order valence-corrected chi connectivity index (χ4v) is 3.29. The second-order valence-electron chi connectivity index (χ2n) is 6.80. The number of carbonyl (C=O) groups is 1. The molecule has 0 fully saturated rings. The Bertz CT molecular complexity index is 986. The number of fused-ring (bicyclic) bond motifs is 1. The van der Waals surface area contributed by atoms with Gasteiger partial charge in [0.25, 0.3) is 5.91 Å². The number of halogens is 3. The lowest BCUT2D eigenvalue weighted by atomic mass is 10.1. The zero-order chi connectivity index (χ0) is 20.4. The molecule has 1 aliphatic heterocycles. The Hall–Kier alpha value is -3.29. The van der Waals surface area contributed by atoms with Crippen molar-refractivity contribution in [1.82, 2.24) is 9.55 Å². The minimum absolute atomic E-state index is 0.227. The molecule has 0 spiro atoms. The Morgan fingerprint density at radius 1 is 1.03 bits per heavy atom. The molecular formula is C21H18F3N3O2. The first-order chi connectivity index (χ1) is 13.9. The first-order valence-electron chi connectivity index (χ1n) is 9.21. The summed E-state index contributed by atoms with van der Waals surface area (Å²) in [6.45, 7) is 0.989. The molecule has 0 unspecified atom stereocenters. The maximum atomic E-state index is 12.3. The van der Waals surface area contributed by atoms with Gasteiger partial charge in [-0.05, 0) is 49.2 Å². The van der Waals surface area contributed by atoms with Gasteiger partial charge in [0.2, 0.25) is 0 Å². The second-order valence-corrected chi connectivity index (χ2v) is 6.80.